The highest BCUT2D eigenvalue weighted by atomic mass is 16.3. The zero-order valence-electron chi connectivity index (χ0n) is 10.5. The van der Waals surface area contributed by atoms with Crippen LogP contribution in [0.2, 0.25) is 0 Å². The van der Waals surface area contributed by atoms with Gasteiger partial charge in [0.2, 0.25) is 0 Å². The van der Waals surface area contributed by atoms with Crippen LogP contribution in [0.5, 0.6) is 0 Å². The van der Waals surface area contributed by atoms with Crippen molar-refractivity contribution in [2.24, 2.45) is 0 Å². The highest BCUT2D eigenvalue weighted by molar-refractivity contribution is 5.28. The van der Waals surface area contributed by atoms with Gasteiger partial charge < -0.3 is 10.2 Å². The SMILES string of the molecule is CC(O)C(O)(Cc1ccccc1)c1ccccc1. The highest BCUT2D eigenvalue weighted by Crippen LogP contribution is 2.29. The van der Waals surface area contributed by atoms with Crippen molar-refractivity contribution < 1.29 is 10.2 Å². The fourth-order valence-electron chi connectivity index (χ4n) is 2.12. The Kier molecular flexibility index (Phi) is 3.80. The van der Waals surface area contributed by atoms with E-state index in [9.17, 15) is 10.2 Å². The molecular formula is C16H18O2. The van der Waals surface area contributed by atoms with E-state index in [1.54, 1.807) is 6.92 Å². The molecule has 2 rings (SSSR count). The van der Waals surface area contributed by atoms with Gasteiger partial charge in [-0.05, 0) is 18.1 Å². The molecule has 2 aromatic rings. The van der Waals surface area contributed by atoms with Gasteiger partial charge in [-0.15, -0.1) is 0 Å². The molecule has 0 aliphatic heterocycles. The molecule has 0 bridgehead atoms. The van der Waals surface area contributed by atoms with E-state index >= 15 is 0 Å². The first-order valence-electron chi connectivity index (χ1n) is 6.13. The van der Waals surface area contributed by atoms with Crippen molar-refractivity contribution in [3.8, 4) is 0 Å². The molecule has 0 aliphatic rings. The van der Waals surface area contributed by atoms with Crippen molar-refractivity contribution in [2.75, 3.05) is 0 Å². The van der Waals surface area contributed by atoms with Crippen molar-refractivity contribution in [1.82, 2.24) is 0 Å². The number of hydrogen-bond acceptors (Lipinski definition) is 2. The summed E-state index contributed by atoms with van der Waals surface area (Å²) in [6.45, 7) is 1.62. The first kappa shape index (κ1) is 12.8. The molecule has 0 radical (unpaired) electrons. The minimum atomic E-state index is -1.25. The van der Waals surface area contributed by atoms with E-state index in [0.717, 1.165) is 11.1 Å². The van der Waals surface area contributed by atoms with Crippen LogP contribution < -0.4 is 0 Å². The summed E-state index contributed by atoms with van der Waals surface area (Å²) in [5.41, 5.74) is 0.497. The Morgan fingerprint density at radius 2 is 1.44 bits per heavy atom. The van der Waals surface area contributed by atoms with Crippen molar-refractivity contribution >= 4 is 0 Å². The number of rotatable bonds is 4. The third-order valence-corrected chi connectivity index (χ3v) is 3.28. The first-order chi connectivity index (χ1) is 8.63. The number of hydrogen-bond donors (Lipinski definition) is 2. The summed E-state index contributed by atoms with van der Waals surface area (Å²) in [4.78, 5) is 0. The molecule has 0 aliphatic carbocycles. The molecule has 0 spiro atoms. The maximum Gasteiger partial charge on any atom is 0.119 e. The van der Waals surface area contributed by atoms with Crippen molar-refractivity contribution in [1.29, 1.82) is 0 Å². The van der Waals surface area contributed by atoms with E-state index in [-0.39, 0.29) is 0 Å². The van der Waals surface area contributed by atoms with Gasteiger partial charge in [-0.1, -0.05) is 60.7 Å². The summed E-state index contributed by atoms with van der Waals surface area (Å²) in [6.07, 6.45) is -0.435. The molecule has 18 heavy (non-hydrogen) atoms. The standard InChI is InChI=1S/C16H18O2/c1-13(17)16(18,15-10-6-3-7-11-15)12-14-8-4-2-5-9-14/h2-11,13,17-18H,12H2,1H3. The first-order valence-corrected chi connectivity index (χ1v) is 6.13. The maximum absolute atomic E-state index is 10.8. The Bertz CT molecular complexity index is 479. The fourth-order valence-corrected chi connectivity index (χ4v) is 2.12. The van der Waals surface area contributed by atoms with E-state index < -0.39 is 11.7 Å². The minimum absolute atomic E-state index is 0.398. The Labute approximate surface area is 108 Å². The third kappa shape index (κ3) is 2.61. The fraction of sp³-hybridized carbons (Fsp3) is 0.250. The molecule has 0 saturated carbocycles. The van der Waals surface area contributed by atoms with Crippen LogP contribution in [-0.4, -0.2) is 16.3 Å². The van der Waals surface area contributed by atoms with E-state index in [1.807, 2.05) is 60.7 Å². The summed E-state index contributed by atoms with van der Waals surface area (Å²) in [5, 5.41) is 20.7. The van der Waals surface area contributed by atoms with E-state index in [0.29, 0.717) is 6.42 Å². The summed E-state index contributed by atoms with van der Waals surface area (Å²) < 4.78 is 0. The molecule has 2 unspecified atom stereocenters. The number of aliphatic hydroxyl groups is 2. The molecule has 2 aromatic carbocycles. The monoisotopic (exact) mass is 242 g/mol. The molecular weight excluding hydrogens is 224 g/mol. The van der Waals surface area contributed by atoms with Gasteiger partial charge in [0.05, 0.1) is 6.10 Å². The molecule has 0 amide bonds. The molecule has 0 aromatic heterocycles. The van der Waals surface area contributed by atoms with Gasteiger partial charge in [-0.3, -0.25) is 0 Å². The average molecular weight is 242 g/mol. The number of benzene rings is 2. The van der Waals surface area contributed by atoms with Crippen LogP contribution in [0.25, 0.3) is 0 Å². The second kappa shape index (κ2) is 5.34. The van der Waals surface area contributed by atoms with Gasteiger partial charge in [-0.25, -0.2) is 0 Å². The smallest absolute Gasteiger partial charge is 0.119 e. The van der Waals surface area contributed by atoms with Gasteiger partial charge in [0.1, 0.15) is 5.60 Å². The Morgan fingerprint density at radius 1 is 0.944 bits per heavy atom. The van der Waals surface area contributed by atoms with Crippen molar-refractivity contribution in [3.05, 3.63) is 71.8 Å². The Balaban J connectivity index is 2.34. The Morgan fingerprint density at radius 3 is 1.94 bits per heavy atom. The molecule has 2 N–H and O–H groups in total. The van der Waals surface area contributed by atoms with Crippen LogP contribution in [0.15, 0.2) is 60.7 Å². The largest absolute Gasteiger partial charge is 0.390 e. The summed E-state index contributed by atoms with van der Waals surface area (Å²) >= 11 is 0. The molecule has 0 heterocycles. The lowest BCUT2D eigenvalue weighted by atomic mass is 9.83. The zero-order chi connectivity index (χ0) is 13.0. The molecule has 0 saturated heterocycles. The molecule has 94 valence electrons. The number of aliphatic hydroxyl groups excluding tert-OH is 1. The average Bonchev–Trinajstić information content (AvgIpc) is 2.40. The normalized spacial score (nSPS) is 15.9. The summed E-state index contributed by atoms with van der Waals surface area (Å²) in [6, 6.07) is 19.0. The van der Waals surface area contributed by atoms with Crippen molar-refractivity contribution in [3.63, 3.8) is 0 Å². The van der Waals surface area contributed by atoms with E-state index in [4.69, 9.17) is 0 Å². The lowest BCUT2D eigenvalue weighted by Crippen LogP contribution is -2.39. The molecule has 2 nitrogen and oxygen atoms in total. The van der Waals surface area contributed by atoms with Crippen LogP contribution in [0.1, 0.15) is 18.1 Å². The zero-order valence-corrected chi connectivity index (χ0v) is 10.5. The second-order valence-electron chi connectivity index (χ2n) is 4.63. The van der Waals surface area contributed by atoms with E-state index in [1.165, 1.54) is 0 Å². The van der Waals surface area contributed by atoms with Gasteiger partial charge in [0, 0.05) is 6.42 Å². The van der Waals surface area contributed by atoms with Crippen LogP contribution in [-0.2, 0) is 12.0 Å². The minimum Gasteiger partial charge on any atom is -0.390 e. The Hall–Kier alpha value is -1.64. The molecule has 2 heteroatoms. The summed E-state index contributed by atoms with van der Waals surface area (Å²) in [5.74, 6) is 0. The maximum atomic E-state index is 10.8. The van der Waals surface area contributed by atoms with Gasteiger partial charge >= 0.3 is 0 Å². The van der Waals surface area contributed by atoms with Crippen LogP contribution in [0, 0.1) is 0 Å². The van der Waals surface area contributed by atoms with Crippen LogP contribution >= 0.6 is 0 Å². The predicted octanol–water partition coefficient (Wildman–Crippen LogP) is 2.50. The van der Waals surface area contributed by atoms with E-state index in [2.05, 4.69) is 0 Å². The topological polar surface area (TPSA) is 40.5 Å². The van der Waals surface area contributed by atoms with Crippen LogP contribution in [0.4, 0.5) is 0 Å². The molecule has 0 fully saturated rings. The van der Waals surface area contributed by atoms with Crippen molar-refractivity contribution in [2.45, 2.75) is 25.0 Å². The second-order valence-corrected chi connectivity index (χ2v) is 4.63. The van der Waals surface area contributed by atoms with Gasteiger partial charge in [-0.2, -0.15) is 0 Å². The molecule has 2 atom stereocenters. The lowest BCUT2D eigenvalue weighted by Gasteiger charge is -2.31. The van der Waals surface area contributed by atoms with Crippen LogP contribution in [0.3, 0.4) is 0 Å². The summed E-state index contributed by atoms with van der Waals surface area (Å²) in [7, 11) is 0. The lowest BCUT2D eigenvalue weighted by molar-refractivity contribution is -0.0712. The highest BCUT2D eigenvalue weighted by Gasteiger charge is 2.34. The third-order valence-electron chi connectivity index (χ3n) is 3.28. The van der Waals surface area contributed by atoms with Gasteiger partial charge in [0.15, 0.2) is 0 Å². The predicted molar refractivity (Wildman–Crippen MR) is 72.2 cm³/mol. The van der Waals surface area contributed by atoms with Gasteiger partial charge in [0.25, 0.3) is 0 Å². The quantitative estimate of drug-likeness (QED) is 0.864.